The van der Waals surface area contributed by atoms with Crippen molar-refractivity contribution in [2.24, 2.45) is 5.92 Å². The van der Waals surface area contributed by atoms with Gasteiger partial charge in [0.05, 0.1) is 6.61 Å². The Kier molecular flexibility index (Phi) is 5.00. The molecule has 1 aliphatic carbocycles. The summed E-state index contributed by atoms with van der Waals surface area (Å²) in [7, 11) is 0. The van der Waals surface area contributed by atoms with Gasteiger partial charge in [0.25, 0.3) is 0 Å². The molecule has 1 N–H and O–H groups in total. The average Bonchev–Trinajstić information content (AvgIpc) is 3.21. The minimum absolute atomic E-state index is 0.550. The molecule has 1 aromatic heterocycles. The second-order valence-corrected chi connectivity index (χ2v) is 5.70. The predicted molar refractivity (Wildman–Crippen MR) is 77.7 cm³/mol. The molecule has 4 nitrogen and oxygen atoms in total. The third-order valence-electron chi connectivity index (χ3n) is 3.10. The van der Waals surface area contributed by atoms with Gasteiger partial charge in [-0.3, -0.25) is 0 Å². The molecule has 2 rings (SSSR count). The maximum atomic E-state index is 5.72. The molecule has 0 atom stereocenters. The maximum absolute atomic E-state index is 5.72. The van der Waals surface area contributed by atoms with Crippen molar-refractivity contribution < 1.29 is 4.74 Å². The van der Waals surface area contributed by atoms with Crippen LogP contribution in [0.25, 0.3) is 0 Å². The quantitative estimate of drug-likeness (QED) is 0.728. The van der Waals surface area contributed by atoms with Gasteiger partial charge in [0.15, 0.2) is 0 Å². The Hall–Kier alpha value is -1.32. The van der Waals surface area contributed by atoms with E-state index in [1.54, 1.807) is 0 Å². The fraction of sp³-hybridized carbons (Fsp3) is 0.733. The number of unbranched alkanes of at least 4 members (excludes halogenated alkanes) is 1. The first kappa shape index (κ1) is 14.1. The zero-order valence-electron chi connectivity index (χ0n) is 12.3. The van der Waals surface area contributed by atoms with Crippen molar-refractivity contribution in [2.75, 3.05) is 18.5 Å². The van der Waals surface area contributed by atoms with Gasteiger partial charge in [-0.2, -0.15) is 4.98 Å². The molecule has 1 aliphatic rings. The molecule has 0 spiro atoms. The molecule has 0 saturated heterocycles. The lowest BCUT2D eigenvalue weighted by Gasteiger charge is -2.11. The predicted octanol–water partition coefficient (Wildman–Crippen LogP) is 3.60. The van der Waals surface area contributed by atoms with Crippen LogP contribution in [0.1, 0.15) is 58.2 Å². The van der Waals surface area contributed by atoms with Crippen molar-refractivity contribution in [2.45, 2.75) is 52.4 Å². The molecule has 0 amide bonds. The van der Waals surface area contributed by atoms with Gasteiger partial charge in [0, 0.05) is 18.5 Å². The number of hydrogen-bond donors (Lipinski definition) is 1. The van der Waals surface area contributed by atoms with Gasteiger partial charge in [-0.1, -0.05) is 27.2 Å². The third-order valence-corrected chi connectivity index (χ3v) is 3.10. The van der Waals surface area contributed by atoms with Gasteiger partial charge in [-0.25, -0.2) is 4.98 Å². The fourth-order valence-corrected chi connectivity index (χ4v) is 1.76. The van der Waals surface area contributed by atoms with Crippen LogP contribution in [0.15, 0.2) is 6.07 Å². The number of rotatable bonds is 8. The SMILES string of the molecule is CCCCOc1cc(NCC(C)C)nc(C2CC2)n1. The minimum Gasteiger partial charge on any atom is -0.478 e. The number of hydrogen-bond acceptors (Lipinski definition) is 4. The molecule has 4 heteroatoms. The molecule has 1 fully saturated rings. The summed E-state index contributed by atoms with van der Waals surface area (Å²) in [5.74, 6) is 3.71. The molecule has 1 heterocycles. The monoisotopic (exact) mass is 263 g/mol. The Morgan fingerprint density at radius 3 is 2.79 bits per heavy atom. The second kappa shape index (κ2) is 6.73. The van der Waals surface area contributed by atoms with Crippen molar-refractivity contribution in [1.29, 1.82) is 0 Å². The first-order valence-corrected chi connectivity index (χ1v) is 7.44. The first-order valence-electron chi connectivity index (χ1n) is 7.44. The van der Waals surface area contributed by atoms with Crippen molar-refractivity contribution in [3.8, 4) is 5.88 Å². The Bertz CT molecular complexity index is 402. The van der Waals surface area contributed by atoms with Crippen LogP contribution in [-0.4, -0.2) is 23.1 Å². The Balaban J connectivity index is 2.03. The lowest BCUT2D eigenvalue weighted by Crippen LogP contribution is -2.11. The van der Waals surface area contributed by atoms with Crippen LogP contribution in [0.3, 0.4) is 0 Å². The van der Waals surface area contributed by atoms with Crippen molar-refractivity contribution >= 4 is 5.82 Å². The number of aromatic nitrogens is 2. The molecule has 1 aromatic rings. The number of nitrogens with zero attached hydrogens (tertiary/aromatic N) is 2. The summed E-state index contributed by atoms with van der Waals surface area (Å²) in [6.07, 6.45) is 4.63. The summed E-state index contributed by atoms with van der Waals surface area (Å²) in [6.45, 7) is 8.20. The summed E-state index contributed by atoms with van der Waals surface area (Å²) in [5.41, 5.74) is 0. The Morgan fingerprint density at radius 2 is 2.16 bits per heavy atom. The standard InChI is InChI=1S/C15H25N3O/c1-4-5-8-19-14-9-13(16-10-11(2)3)17-15(18-14)12-6-7-12/h9,11-12H,4-8,10H2,1-3H3,(H,16,17,18). The lowest BCUT2D eigenvalue weighted by molar-refractivity contribution is 0.296. The molecule has 0 bridgehead atoms. The van der Waals surface area contributed by atoms with Crippen LogP contribution in [0, 0.1) is 5.92 Å². The van der Waals surface area contributed by atoms with Crippen LogP contribution >= 0.6 is 0 Å². The molecule has 0 unspecified atom stereocenters. The highest BCUT2D eigenvalue weighted by molar-refractivity contribution is 5.39. The van der Waals surface area contributed by atoms with Crippen LogP contribution in [-0.2, 0) is 0 Å². The molecule has 0 aliphatic heterocycles. The van der Waals surface area contributed by atoms with E-state index >= 15 is 0 Å². The van der Waals surface area contributed by atoms with Crippen LogP contribution < -0.4 is 10.1 Å². The van der Waals surface area contributed by atoms with Gasteiger partial charge in [-0.15, -0.1) is 0 Å². The van der Waals surface area contributed by atoms with E-state index in [9.17, 15) is 0 Å². The normalized spacial score (nSPS) is 14.7. The third kappa shape index (κ3) is 4.69. The second-order valence-electron chi connectivity index (χ2n) is 5.70. The van der Waals surface area contributed by atoms with E-state index in [-0.39, 0.29) is 0 Å². The molecular weight excluding hydrogens is 238 g/mol. The number of nitrogens with one attached hydrogen (secondary N) is 1. The Morgan fingerprint density at radius 1 is 1.37 bits per heavy atom. The molecule has 106 valence electrons. The molecule has 0 aromatic carbocycles. The summed E-state index contributed by atoms with van der Waals surface area (Å²) in [5, 5.41) is 3.37. The minimum atomic E-state index is 0.550. The van der Waals surface area contributed by atoms with Gasteiger partial charge < -0.3 is 10.1 Å². The van der Waals surface area contributed by atoms with Gasteiger partial charge in [0.1, 0.15) is 11.6 Å². The van der Waals surface area contributed by atoms with E-state index in [0.717, 1.165) is 43.5 Å². The molecule has 1 saturated carbocycles. The van der Waals surface area contributed by atoms with Crippen LogP contribution in [0.5, 0.6) is 5.88 Å². The van der Waals surface area contributed by atoms with E-state index in [1.807, 2.05) is 6.07 Å². The van der Waals surface area contributed by atoms with Crippen LogP contribution in [0.2, 0.25) is 0 Å². The zero-order valence-corrected chi connectivity index (χ0v) is 12.3. The first-order chi connectivity index (χ1) is 9.19. The van der Waals surface area contributed by atoms with E-state index in [0.29, 0.717) is 11.8 Å². The van der Waals surface area contributed by atoms with Crippen molar-refractivity contribution in [3.63, 3.8) is 0 Å². The fourth-order valence-electron chi connectivity index (χ4n) is 1.76. The van der Waals surface area contributed by atoms with Crippen LogP contribution in [0.4, 0.5) is 5.82 Å². The lowest BCUT2D eigenvalue weighted by atomic mass is 10.2. The van der Waals surface area contributed by atoms with Crippen molar-refractivity contribution in [1.82, 2.24) is 9.97 Å². The van der Waals surface area contributed by atoms with Gasteiger partial charge in [0.2, 0.25) is 5.88 Å². The highest BCUT2D eigenvalue weighted by Gasteiger charge is 2.27. The zero-order chi connectivity index (χ0) is 13.7. The smallest absolute Gasteiger partial charge is 0.218 e. The summed E-state index contributed by atoms with van der Waals surface area (Å²) in [6, 6.07) is 1.92. The maximum Gasteiger partial charge on any atom is 0.218 e. The molecule has 0 radical (unpaired) electrons. The van der Waals surface area contributed by atoms with Gasteiger partial charge >= 0.3 is 0 Å². The number of ether oxygens (including phenoxy) is 1. The summed E-state index contributed by atoms with van der Waals surface area (Å²) < 4.78 is 5.72. The Labute approximate surface area is 116 Å². The highest BCUT2D eigenvalue weighted by atomic mass is 16.5. The highest BCUT2D eigenvalue weighted by Crippen LogP contribution is 2.39. The molecule has 19 heavy (non-hydrogen) atoms. The van der Waals surface area contributed by atoms with Crippen molar-refractivity contribution in [3.05, 3.63) is 11.9 Å². The van der Waals surface area contributed by atoms with Gasteiger partial charge in [-0.05, 0) is 25.2 Å². The largest absolute Gasteiger partial charge is 0.478 e. The van der Waals surface area contributed by atoms with E-state index in [4.69, 9.17) is 4.74 Å². The number of anilines is 1. The summed E-state index contributed by atoms with van der Waals surface area (Å²) in [4.78, 5) is 9.11. The van der Waals surface area contributed by atoms with E-state index in [1.165, 1.54) is 12.8 Å². The average molecular weight is 263 g/mol. The summed E-state index contributed by atoms with van der Waals surface area (Å²) >= 11 is 0. The topological polar surface area (TPSA) is 47.0 Å². The van der Waals surface area contributed by atoms with E-state index < -0.39 is 0 Å². The molecular formula is C15H25N3O. The van der Waals surface area contributed by atoms with E-state index in [2.05, 4.69) is 36.1 Å².